The van der Waals surface area contributed by atoms with E-state index in [-0.39, 0.29) is 18.6 Å². The lowest BCUT2D eigenvalue weighted by molar-refractivity contribution is -0.137. The Kier molecular flexibility index (Phi) is 16.0. The molecule has 0 saturated carbocycles. The second kappa shape index (κ2) is 16.6. The van der Waals surface area contributed by atoms with Crippen molar-refractivity contribution in [2.24, 2.45) is 0 Å². The number of aliphatic hydroxyl groups is 1. The molecule has 0 spiro atoms. The SMILES string of the molecule is CCCCCC(OC)C(O)C(/C=C/CCCCCCCC(=O)O)OC. The third-order valence-electron chi connectivity index (χ3n) is 4.47. The average Bonchev–Trinajstić information content (AvgIpc) is 2.60. The zero-order chi connectivity index (χ0) is 18.9. The van der Waals surface area contributed by atoms with Crippen LogP contribution in [0.1, 0.15) is 77.6 Å². The molecule has 0 aromatic rings. The number of aliphatic carboxylic acids is 1. The third-order valence-corrected chi connectivity index (χ3v) is 4.47. The van der Waals surface area contributed by atoms with E-state index in [9.17, 15) is 9.90 Å². The van der Waals surface area contributed by atoms with Crippen LogP contribution < -0.4 is 0 Å². The van der Waals surface area contributed by atoms with Crippen molar-refractivity contribution >= 4 is 5.97 Å². The van der Waals surface area contributed by atoms with Crippen LogP contribution in [0.5, 0.6) is 0 Å². The molecule has 148 valence electrons. The molecule has 0 saturated heterocycles. The Morgan fingerprint density at radius 1 is 1.00 bits per heavy atom. The minimum Gasteiger partial charge on any atom is -0.481 e. The summed E-state index contributed by atoms with van der Waals surface area (Å²) in [7, 11) is 3.25. The minimum atomic E-state index is -0.712. The predicted molar refractivity (Wildman–Crippen MR) is 101 cm³/mol. The van der Waals surface area contributed by atoms with Crippen molar-refractivity contribution in [3.63, 3.8) is 0 Å². The number of methoxy groups -OCH3 is 2. The summed E-state index contributed by atoms with van der Waals surface area (Å²) in [5.41, 5.74) is 0. The van der Waals surface area contributed by atoms with Crippen molar-refractivity contribution in [2.45, 2.75) is 95.9 Å². The highest BCUT2D eigenvalue weighted by atomic mass is 16.5. The molecule has 0 rings (SSSR count). The summed E-state index contributed by atoms with van der Waals surface area (Å²) in [6.07, 6.45) is 13.2. The molecule has 0 fully saturated rings. The maximum Gasteiger partial charge on any atom is 0.303 e. The zero-order valence-electron chi connectivity index (χ0n) is 16.3. The van der Waals surface area contributed by atoms with Gasteiger partial charge in [0.25, 0.3) is 0 Å². The van der Waals surface area contributed by atoms with Gasteiger partial charge < -0.3 is 19.7 Å². The summed E-state index contributed by atoms with van der Waals surface area (Å²) < 4.78 is 10.8. The van der Waals surface area contributed by atoms with Gasteiger partial charge in [0.05, 0.1) is 6.10 Å². The Labute approximate surface area is 153 Å². The molecule has 0 heterocycles. The number of aliphatic hydroxyl groups excluding tert-OH is 1. The summed E-state index contributed by atoms with van der Waals surface area (Å²) in [5.74, 6) is -0.712. The smallest absolute Gasteiger partial charge is 0.303 e. The van der Waals surface area contributed by atoms with Gasteiger partial charge in [-0.3, -0.25) is 4.79 Å². The molecule has 2 N–H and O–H groups in total. The molecule has 0 aromatic heterocycles. The number of ether oxygens (including phenoxy) is 2. The number of rotatable bonds is 17. The molecular formula is C20H38O5. The van der Waals surface area contributed by atoms with E-state index < -0.39 is 12.1 Å². The number of hydrogen-bond donors (Lipinski definition) is 2. The number of allylic oxidation sites excluding steroid dienone is 1. The Hall–Kier alpha value is -0.910. The van der Waals surface area contributed by atoms with Crippen molar-refractivity contribution in [3.8, 4) is 0 Å². The first-order valence-corrected chi connectivity index (χ1v) is 9.68. The zero-order valence-corrected chi connectivity index (χ0v) is 16.3. The Bertz CT molecular complexity index is 343. The van der Waals surface area contributed by atoms with E-state index >= 15 is 0 Å². The van der Waals surface area contributed by atoms with Gasteiger partial charge in [-0.15, -0.1) is 0 Å². The van der Waals surface area contributed by atoms with E-state index in [0.29, 0.717) is 0 Å². The van der Waals surface area contributed by atoms with Crippen molar-refractivity contribution in [2.75, 3.05) is 14.2 Å². The lowest BCUT2D eigenvalue weighted by Gasteiger charge is -2.26. The van der Waals surface area contributed by atoms with E-state index in [1.54, 1.807) is 14.2 Å². The van der Waals surface area contributed by atoms with Crippen molar-refractivity contribution < 1.29 is 24.5 Å². The second-order valence-corrected chi connectivity index (χ2v) is 6.59. The molecule has 25 heavy (non-hydrogen) atoms. The molecule has 0 amide bonds. The fourth-order valence-corrected chi connectivity index (χ4v) is 2.87. The normalized spacial score (nSPS) is 15.4. The molecule has 0 radical (unpaired) electrons. The number of unbranched alkanes of at least 4 members (excludes halogenated alkanes) is 7. The predicted octanol–water partition coefficient (Wildman–Crippen LogP) is 4.33. The third kappa shape index (κ3) is 13.0. The highest BCUT2D eigenvalue weighted by molar-refractivity contribution is 5.66. The van der Waals surface area contributed by atoms with Gasteiger partial charge >= 0.3 is 5.97 Å². The standard InChI is InChI=1S/C20H38O5/c1-4-5-11-14-17(24-2)20(23)18(25-3)15-12-9-7-6-8-10-13-16-19(21)22/h12,15,17-18,20,23H,4-11,13-14,16H2,1-3H3,(H,21,22)/b15-12+. The van der Waals surface area contributed by atoms with Gasteiger partial charge in [0.2, 0.25) is 0 Å². The van der Waals surface area contributed by atoms with Gasteiger partial charge in [0, 0.05) is 20.6 Å². The monoisotopic (exact) mass is 358 g/mol. The first-order valence-electron chi connectivity index (χ1n) is 9.68. The van der Waals surface area contributed by atoms with Crippen molar-refractivity contribution in [1.29, 1.82) is 0 Å². The van der Waals surface area contributed by atoms with Gasteiger partial charge in [-0.2, -0.15) is 0 Å². The van der Waals surface area contributed by atoms with Crippen molar-refractivity contribution in [3.05, 3.63) is 12.2 Å². The van der Waals surface area contributed by atoms with E-state index in [4.69, 9.17) is 14.6 Å². The van der Waals surface area contributed by atoms with Gasteiger partial charge in [0.15, 0.2) is 0 Å². The van der Waals surface area contributed by atoms with Crippen LogP contribution >= 0.6 is 0 Å². The maximum absolute atomic E-state index is 10.5. The fourth-order valence-electron chi connectivity index (χ4n) is 2.87. The van der Waals surface area contributed by atoms with E-state index in [1.165, 1.54) is 0 Å². The Balaban J connectivity index is 3.99. The molecule has 5 nitrogen and oxygen atoms in total. The van der Waals surface area contributed by atoms with Gasteiger partial charge in [-0.1, -0.05) is 57.6 Å². The molecular weight excluding hydrogens is 320 g/mol. The number of carboxylic acids is 1. The van der Waals surface area contributed by atoms with E-state index in [0.717, 1.165) is 64.2 Å². The van der Waals surface area contributed by atoms with E-state index in [2.05, 4.69) is 13.0 Å². The molecule has 0 aliphatic rings. The van der Waals surface area contributed by atoms with Crippen LogP contribution in [0.15, 0.2) is 12.2 Å². The van der Waals surface area contributed by atoms with Crippen LogP contribution in [0.2, 0.25) is 0 Å². The largest absolute Gasteiger partial charge is 0.481 e. The summed E-state index contributed by atoms with van der Waals surface area (Å²) in [5, 5.41) is 19.0. The molecule has 0 aliphatic heterocycles. The van der Waals surface area contributed by atoms with Crippen LogP contribution in [0, 0.1) is 0 Å². The molecule has 3 unspecified atom stereocenters. The molecule has 3 atom stereocenters. The lowest BCUT2D eigenvalue weighted by Crippen LogP contribution is -2.38. The second-order valence-electron chi connectivity index (χ2n) is 6.59. The summed E-state index contributed by atoms with van der Waals surface area (Å²) in [6.45, 7) is 2.16. The first kappa shape index (κ1) is 24.1. The Morgan fingerprint density at radius 2 is 1.68 bits per heavy atom. The van der Waals surface area contributed by atoms with Gasteiger partial charge in [-0.25, -0.2) is 0 Å². The first-order chi connectivity index (χ1) is 12.1. The topological polar surface area (TPSA) is 76.0 Å². The van der Waals surface area contributed by atoms with Crippen LogP contribution in [-0.2, 0) is 14.3 Å². The van der Waals surface area contributed by atoms with E-state index in [1.807, 2.05) is 6.08 Å². The van der Waals surface area contributed by atoms with Crippen LogP contribution in [0.4, 0.5) is 0 Å². The number of carboxylic acid groups (broad SMARTS) is 1. The maximum atomic E-state index is 10.5. The molecule has 0 aromatic carbocycles. The van der Waals surface area contributed by atoms with Gasteiger partial charge in [-0.05, 0) is 25.7 Å². The summed E-state index contributed by atoms with van der Waals surface area (Å²) in [6, 6.07) is 0. The fraction of sp³-hybridized carbons (Fsp3) is 0.850. The lowest BCUT2D eigenvalue weighted by atomic mass is 10.0. The van der Waals surface area contributed by atoms with Crippen LogP contribution in [0.3, 0.4) is 0 Å². The molecule has 0 aliphatic carbocycles. The van der Waals surface area contributed by atoms with Crippen molar-refractivity contribution in [1.82, 2.24) is 0 Å². The molecule has 0 bridgehead atoms. The highest BCUT2D eigenvalue weighted by Crippen LogP contribution is 2.16. The molecule has 5 heteroatoms. The number of carbonyl (C=O) groups is 1. The Morgan fingerprint density at radius 3 is 2.28 bits per heavy atom. The highest BCUT2D eigenvalue weighted by Gasteiger charge is 2.25. The summed E-state index contributed by atoms with van der Waals surface area (Å²) >= 11 is 0. The quantitative estimate of drug-likeness (QED) is 0.299. The summed E-state index contributed by atoms with van der Waals surface area (Å²) in [4.78, 5) is 10.4. The number of hydrogen-bond acceptors (Lipinski definition) is 4. The minimum absolute atomic E-state index is 0.199. The van der Waals surface area contributed by atoms with Gasteiger partial charge in [0.1, 0.15) is 12.2 Å². The van der Waals surface area contributed by atoms with Crippen LogP contribution in [-0.4, -0.2) is 48.7 Å². The van der Waals surface area contributed by atoms with Crippen LogP contribution in [0.25, 0.3) is 0 Å². The average molecular weight is 359 g/mol.